The van der Waals surface area contributed by atoms with Crippen LogP contribution in [-0.4, -0.2) is 5.78 Å². The average molecular weight is 362 g/mol. The van der Waals surface area contributed by atoms with E-state index in [9.17, 15) is 9.18 Å². The molecule has 0 atom stereocenters. The minimum Gasteiger partial charge on any atom is -0.294 e. The Kier molecular flexibility index (Phi) is 4.61. The van der Waals surface area contributed by atoms with Crippen LogP contribution < -0.4 is 0 Å². The van der Waals surface area contributed by atoms with E-state index in [0.717, 1.165) is 4.47 Å². The first-order valence-corrected chi connectivity index (χ1v) is 6.95. The number of halogens is 4. The summed E-state index contributed by atoms with van der Waals surface area (Å²) in [6.45, 7) is 0. The highest BCUT2D eigenvalue weighted by Gasteiger charge is 2.15. The predicted molar refractivity (Wildman–Crippen MR) is 78.6 cm³/mol. The zero-order valence-electron chi connectivity index (χ0n) is 9.59. The number of benzene rings is 2. The lowest BCUT2D eigenvalue weighted by Crippen LogP contribution is -2.05. The number of rotatable bonds is 3. The zero-order valence-corrected chi connectivity index (χ0v) is 12.7. The third-order valence-corrected chi connectivity index (χ3v) is 3.85. The van der Waals surface area contributed by atoms with Crippen LogP contribution >= 0.6 is 39.1 Å². The summed E-state index contributed by atoms with van der Waals surface area (Å²) in [5.41, 5.74) is 0.843. The fraction of sp³-hybridized carbons (Fsp3) is 0.0714. The maximum atomic E-state index is 13.3. The van der Waals surface area contributed by atoms with Crippen LogP contribution in [0.15, 0.2) is 40.9 Å². The van der Waals surface area contributed by atoms with Crippen LogP contribution in [0, 0.1) is 5.82 Å². The van der Waals surface area contributed by atoms with E-state index in [2.05, 4.69) is 15.9 Å². The van der Waals surface area contributed by atoms with Crippen LogP contribution in [0.25, 0.3) is 0 Å². The molecule has 0 radical (unpaired) electrons. The maximum Gasteiger partial charge on any atom is 0.168 e. The van der Waals surface area contributed by atoms with Crippen LogP contribution in [0.4, 0.5) is 4.39 Å². The van der Waals surface area contributed by atoms with Crippen LogP contribution in [0.1, 0.15) is 15.9 Å². The molecule has 0 amide bonds. The van der Waals surface area contributed by atoms with E-state index in [0.29, 0.717) is 10.6 Å². The molecule has 19 heavy (non-hydrogen) atoms. The molecule has 0 heterocycles. The van der Waals surface area contributed by atoms with Crippen molar-refractivity contribution in [2.24, 2.45) is 0 Å². The molecule has 0 fully saturated rings. The van der Waals surface area contributed by atoms with Crippen molar-refractivity contribution < 1.29 is 9.18 Å². The second-order valence-electron chi connectivity index (χ2n) is 3.94. The van der Waals surface area contributed by atoms with Crippen molar-refractivity contribution in [3.8, 4) is 0 Å². The van der Waals surface area contributed by atoms with Crippen LogP contribution in [0.2, 0.25) is 10.0 Å². The van der Waals surface area contributed by atoms with Gasteiger partial charge in [-0.05, 0) is 29.8 Å². The molecule has 0 bridgehead atoms. The molecule has 0 N–H and O–H groups in total. The molecular formula is C14H8BrCl2FO. The van der Waals surface area contributed by atoms with Crippen molar-refractivity contribution in [2.45, 2.75) is 6.42 Å². The van der Waals surface area contributed by atoms with E-state index in [4.69, 9.17) is 23.2 Å². The normalized spacial score (nSPS) is 10.5. The summed E-state index contributed by atoms with van der Waals surface area (Å²) in [7, 11) is 0. The molecule has 5 heteroatoms. The van der Waals surface area contributed by atoms with E-state index in [-0.39, 0.29) is 22.8 Å². The minimum absolute atomic E-state index is 0.0787. The standard InChI is InChI=1S/C14H8BrCl2FO/c15-9-5-4-8(11(16)7-9)6-13(19)10-2-1-3-12(18)14(10)17/h1-5,7H,6H2. The minimum atomic E-state index is -0.602. The number of carbonyl (C=O) groups excluding carboxylic acids is 1. The molecule has 1 nitrogen and oxygen atoms in total. The third kappa shape index (κ3) is 3.35. The van der Waals surface area contributed by atoms with Crippen molar-refractivity contribution in [3.63, 3.8) is 0 Å². The molecule has 0 saturated carbocycles. The van der Waals surface area contributed by atoms with Gasteiger partial charge in [0.05, 0.1) is 5.02 Å². The number of Topliss-reactive ketones (excluding diaryl/α,β-unsaturated/α-hetero) is 1. The Hall–Kier alpha value is -0.900. The summed E-state index contributed by atoms with van der Waals surface area (Å²) in [6.07, 6.45) is 0.0787. The van der Waals surface area contributed by atoms with Crippen molar-refractivity contribution in [1.29, 1.82) is 0 Å². The lowest BCUT2D eigenvalue weighted by molar-refractivity contribution is 0.0992. The Morgan fingerprint density at radius 1 is 1.21 bits per heavy atom. The van der Waals surface area contributed by atoms with Gasteiger partial charge in [-0.2, -0.15) is 0 Å². The van der Waals surface area contributed by atoms with E-state index >= 15 is 0 Å². The molecule has 2 rings (SSSR count). The van der Waals surface area contributed by atoms with E-state index < -0.39 is 5.82 Å². The summed E-state index contributed by atoms with van der Waals surface area (Å²) >= 11 is 15.1. The molecule has 2 aromatic rings. The lowest BCUT2D eigenvalue weighted by Gasteiger charge is -2.06. The van der Waals surface area contributed by atoms with Gasteiger partial charge in [-0.1, -0.05) is 51.3 Å². The van der Waals surface area contributed by atoms with Crippen LogP contribution in [0.3, 0.4) is 0 Å². The number of ketones is 1. The average Bonchev–Trinajstić information content (AvgIpc) is 2.36. The largest absolute Gasteiger partial charge is 0.294 e. The molecule has 0 unspecified atom stereocenters. The van der Waals surface area contributed by atoms with Gasteiger partial charge < -0.3 is 0 Å². The second-order valence-corrected chi connectivity index (χ2v) is 5.64. The molecule has 0 aliphatic carbocycles. The predicted octanol–water partition coefficient (Wildman–Crippen LogP) is 5.32. The highest BCUT2D eigenvalue weighted by atomic mass is 79.9. The fourth-order valence-electron chi connectivity index (χ4n) is 1.65. The smallest absolute Gasteiger partial charge is 0.168 e. The number of hydrogen-bond donors (Lipinski definition) is 0. The van der Waals surface area contributed by atoms with Crippen molar-refractivity contribution in [1.82, 2.24) is 0 Å². The maximum absolute atomic E-state index is 13.3. The van der Waals surface area contributed by atoms with Gasteiger partial charge in [0, 0.05) is 21.5 Å². The Morgan fingerprint density at radius 3 is 2.63 bits per heavy atom. The van der Waals surface area contributed by atoms with Gasteiger partial charge in [-0.3, -0.25) is 4.79 Å². The molecule has 2 aromatic carbocycles. The Balaban J connectivity index is 2.28. The molecule has 0 aliphatic rings. The van der Waals surface area contributed by atoms with Crippen molar-refractivity contribution in [2.75, 3.05) is 0 Å². The van der Waals surface area contributed by atoms with Gasteiger partial charge in [0.2, 0.25) is 0 Å². The van der Waals surface area contributed by atoms with Gasteiger partial charge in [-0.25, -0.2) is 4.39 Å². The van der Waals surface area contributed by atoms with Gasteiger partial charge in [0.1, 0.15) is 5.82 Å². The lowest BCUT2D eigenvalue weighted by atomic mass is 10.0. The van der Waals surface area contributed by atoms with E-state index in [1.54, 1.807) is 18.2 Å². The molecule has 0 spiro atoms. The summed E-state index contributed by atoms with van der Waals surface area (Å²) in [6, 6.07) is 9.42. The first-order valence-electron chi connectivity index (χ1n) is 5.40. The highest BCUT2D eigenvalue weighted by molar-refractivity contribution is 9.10. The molecule has 0 aromatic heterocycles. The Bertz CT molecular complexity index is 643. The van der Waals surface area contributed by atoms with Crippen LogP contribution in [-0.2, 0) is 6.42 Å². The van der Waals surface area contributed by atoms with E-state index in [1.807, 2.05) is 0 Å². The SMILES string of the molecule is O=C(Cc1ccc(Br)cc1Cl)c1cccc(F)c1Cl. The summed E-state index contributed by atoms with van der Waals surface area (Å²) in [5.74, 6) is -0.872. The summed E-state index contributed by atoms with van der Waals surface area (Å²) < 4.78 is 14.1. The quantitative estimate of drug-likeness (QED) is 0.676. The van der Waals surface area contributed by atoms with Gasteiger partial charge in [-0.15, -0.1) is 0 Å². The fourth-order valence-corrected chi connectivity index (χ4v) is 2.62. The van der Waals surface area contributed by atoms with Crippen molar-refractivity contribution >= 4 is 44.9 Å². The second kappa shape index (κ2) is 6.04. The first kappa shape index (κ1) is 14.5. The summed E-state index contributed by atoms with van der Waals surface area (Å²) in [4.78, 5) is 12.1. The molecule has 0 aliphatic heterocycles. The molecule has 98 valence electrons. The molecular weight excluding hydrogens is 354 g/mol. The Labute approximate surface area is 128 Å². The summed E-state index contributed by atoms with van der Waals surface area (Å²) in [5, 5.41) is 0.330. The van der Waals surface area contributed by atoms with Gasteiger partial charge in [0.15, 0.2) is 5.78 Å². The van der Waals surface area contributed by atoms with Gasteiger partial charge >= 0.3 is 0 Å². The molecule has 0 saturated heterocycles. The first-order chi connectivity index (χ1) is 8.99. The number of carbonyl (C=O) groups is 1. The Morgan fingerprint density at radius 2 is 1.95 bits per heavy atom. The number of hydrogen-bond acceptors (Lipinski definition) is 1. The van der Waals surface area contributed by atoms with E-state index in [1.165, 1.54) is 18.2 Å². The third-order valence-electron chi connectivity index (χ3n) is 2.62. The van der Waals surface area contributed by atoms with Gasteiger partial charge in [0.25, 0.3) is 0 Å². The van der Waals surface area contributed by atoms with Crippen LogP contribution in [0.5, 0.6) is 0 Å². The topological polar surface area (TPSA) is 17.1 Å². The monoisotopic (exact) mass is 360 g/mol. The van der Waals surface area contributed by atoms with Crippen molar-refractivity contribution in [3.05, 3.63) is 67.9 Å². The zero-order chi connectivity index (χ0) is 14.0. The highest BCUT2D eigenvalue weighted by Crippen LogP contribution is 2.25.